The van der Waals surface area contributed by atoms with Gasteiger partial charge in [-0.25, -0.2) is 0 Å². The van der Waals surface area contributed by atoms with Crippen LogP contribution in [0, 0.1) is 10.7 Å². The molecule has 1 aliphatic carbocycles. The van der Waals surface area contributed by atoms with Crippen LogP contribution < -0.4 is 4.74 Å². The average molecular weight is 291 g/mol. The molecule has 0 saturated heterocycles. The highest BCUT2D eigenvalue weighted by atomic mass is 32.1. The van der Waals surface area contributed by atoms with E-state index >= 15 is 0 Å². The van der Waals surface area contributed by atoms with Gasteiger partial charge in [0.05, 0.1) is 12.6 Å². The van der Waals surface area contributed by atoms with E-state index in [1.54, 1.807) is 7.11 Å². The lowest BCUT2D eigenvalue weighted by atomic mass is 9.84. The standard InChI is InChI=1S/C15H21N3OS/c1-10(11-6-4-3-5-7-11)18-14-12(16-15(18)20)8-9-13(17-14)19-2/h8-11H,3-7H2,1-2H3,(H,16,20). The molecule has 20 heavy (non-hydrogen) atoms. The third-order valence-corrected chi connectivity index (χ3v) is 4.79. The highest BCUT2D eigenvalue weighted by Gasteiger charge is 2.23. The second kappa shape index (κ2) is 5.56. The molecule has 0 aliphatic heterocycles. The first-order chi connectivity index (χ1) is 9.70. The summed E-state index contributed by atoms with van der Waals surface area (Å²) in [7, 11) is 1.64. The molecule has 1 N–H and O–H groups in total. The van der Waals surface area contributed by atoms with Crippen molar-refractivity contribution in [3.63, 3.8) is 0 Å². The lowest BCUT2D eigenvalue weighted by Crippen LogP contribution is -2.19. The van der Waals surface area contributed by atoms with Gasteiger partial charge in [-0.05, 0) is 44.0 Å². The van der Waals surface area contributed by atoms with Crippen molar-refractivity contribution in [1.29, 1.82) is 0 Å². The molecule has 0 aromatic carbocycles. The Morgan fingerprint density at radius 3 is 2.80 bits per heavy atom. The molecule has 0 radical (unpaired) electrons. The van der Waals surface area contributed by atoms with Gasteiger partial charge in [0.25, 0.3) is 0 Å². The number of rotatable bonds is 3. The van der Waals surface area contributed by atoms with Crippen LogP contribution in [-0.2, 0) is 0 Å². The summed E-state index contributed by atoms with van der Waals surface area (Å²) in [6.07, 6.45) is 6.62. The largest absolute Gasteiger partial charge is 0.481 e. The van der Waals surface area contributed by atoms with Crippen LogP contribution >= 0.6 is 12.2 Å². The topological polar surface area (TPSA) is 42.8 Å². The third-order valence-electron chi connectivity index (χ3n) is 4.49. The normalized spacial score (nSPS) is 18.3. The van der Waals surface area contributed by atoms with Crippen LogP contribution in [-0.4, -0.2) is 21.6 Å². The van der Waals surface area contributed by atoms with Crippen LogP contribution in [0.1, 0.15) is 45.1 Å². The summed E-state index contributed by atoms with van der Waals surface area (Å²) < 4.78 is 8.17. The average Bonchev–Trinajstić information content (AvgIpc) is 2.82. The molecule has 0 amide bonds. The van der Waals surface area contributed by atoms with Gasteiger partial charge in [-0.3, -0.25) is 4.57 Å². The van der Waals surface area contributed by atoms with Crippen LogP contribution in [0.3, 0.4) is 0 Å². The SMILES string of the molecule is COc1ccc2[nH]c(=S)n(C(C)C3CCCCC3)c2n1. The van der Waals surface area contributed by atoms with Gasteiger partial charge in [0.1, 0.15) is 0 Å². The van der Waals surface area contributed by atoms with Gasteiger partial charge < -0.3 is 9.72 Å². The molecule has 2 aromatic rings. The molecule has 0 bridgehead atoms. The number of pyridine rings is 1. The molecule has 0 spiro atoms. The van der Waals surface area contributed by atoms with Crippen LogP contribution in [0.5, 0.6) is 5.88 Å². The van der Waals surface area contributed by atoms with Crippen LogP contribution in [0.2, 0.25) is 0 Å². The summed E-state index contributed by atoms with van der Waals surface area (Å²) in [5.41, 5.74) is 1.89. The third kappa shape index (κ3) is 2.35. The van der Waals surface area contributed by atoms with E-state index in [1.165, 1.54) is 32.1 Å². The van der Waals surface area contributed by atoms with Crippen LogP contribution in [0.15, 0.2) is 12.1 Å². The minimum absolute atomic E-state index is 0.385. The fourth-order valence-electron chi connectivity index (χ4n) is 3.30. The number of H-pyrrole nitrogens is 1. The van der Waals surface area contributed by atoms with Crippen molar-refractivity contribution in [2.75, 3.05) is 7.11 Å². The summed E-state index contributed by atoms with van der Waals surface area (Å²) in [5.74, 6) is 1.33. The monoisotopic (exact) mass is 291 g/mol. The Morgan fingerprint density at radius 1 is 1.35 bits per heavy atom. The van der Waals surface area contributed by atoms with E-state index in [2.05, 4.69) is 21.5 Å². The van der Waals surface area contributed by atoms with Crippen molar-refractivity contribution in [2.24, 2.45) is 5.92 Å². The molecule has 108 valence electrons. The zero-order valence-electron chi connectivity index (χ0n) is 12.1. The van der Waals surface area contributed by atoms with Gasteiger partial charge in [-0.2, -0.15) is 4.98 Å². The fourth-order valence-corrected chi connectivity index (χ4v) is 3.67. The Balaban J connectivity index is 2.04. The lowest BCUT2D eigenvalue weighted by molar-refractivity contribution is 0.265. The van der Waals surface area contributed by atoms with E-state index in [1.807, 2.05) is 12.1 Å². The van der Waals surface area contributed by atoms with E-state index in [9.17, 15) is 0 Å². The number of nitrogens with zero attached hydrogens (tertiary/aromatic N) is 2. The summed E-state index contributed by atoms with van der Waals surface area (Å²) in [6, 6.07) is 4.24. The molecule has 1 unspecified atom stereocenters. The Labute approximate surface area is 124 Å². The zero-order chi connectivity index (χ0) is 14.1. The molecule has 1 aliphatic rings. The van der Waals surface area contributed by atoms with E-state index in [-0.39, 0.29) is 0 Å². The van der Waals surface area contributed by atoms with Crippen molar-refractivity contribution in [3.05, 3.63) is 16.9 Å². The van der Waals surface area contributed by atoms with E-state index in [0.29, 0.717) is 17.8 Å². The first-order valence-electron chi connectivity index (χ1n) is 7.36. The molecule has 1 fully saturated rings. The maximum Gasteiger partial charge on any atom is 0.215 e. The molecule has 4 nitrogen and oxygen atoms in total. The minimum Gasteiger partial charge on any atom is -0.481 e. The maximum absolute atomic E-state index is 5.50. The number of aromatic amines is 1. The number of hydrogen-bond acceptors (Lipinski definition) is 3. The highest BCUT2D eigenvalue weighted by Crippen LogP contribution is 2.34. The number of hydrogen-bond donors (Lipinski definition) is 1. The smallest absolute Gasteiger partial charge is 0.215 e. The van der Waals surface area contributed by atoms with Gasteiger partial charge in [0.15, 0.2) is 10.4 Å². The lowest BCUT2D eigenvalue weighted by Gasteiger charge is -2.28. The molecule has 3 rings (SSSR count). The Kier molecular flexibility index (Phi) is 3.78. The second-order valence-electron chi connectivity index (χ2n) is 5.66. The molecule has 5 heteroatoms. The van der Waals surface area contributed by atoms with Crippen molar-refractivity contribution in [1.82, 2.24) is 14.5 Å². The van der Waals surface area contributed by atoms with Crippen molar-refractivity contribution in [3.8, 4) is 5.88 Å². The van der Waals surface area contributed by atoms with Gasteiger partial charge >= 0.3 is 0 Å². The van der Waals surface area contributed by atoms with Gasteiger partial charge in [-0.15, -0.1) is 0 Å². The maximum atomic E-state index is 5.50. The van der Waals surface area contributed by atoms with Crippen LogP contribution in [0.25, 0.3) is 11.2 Å². The quantitative estimate of drug-likeness (QED) is 0.860. The van der Waals surface area contributed by atoms with E-state index < -0.39 is 0 Å². The zero-order valence-corrected chi connectivity index (χ0v) is 12.9. The summed E-state index contributed by atoms with van der Waals surface area (Å²) in [5, 5.41) is 0. The number of ether oxygens (including phenoxy) is 1. The van der Waals surface area contributed by atoms with Crippen molar-refractivity contribution < 1.29 is 4.74 Å². The first kappa shape index (κ1) is 13.6. The predicted molar refractivity (Wildman–Crippen MR) is 82.8 cm³/mol. The van der Waals surface area contributed by atoms with Gasteiger partial charge in [0.2, 0.25) is 5.88 Å². The van der Waals surface area contributed by atoms with Crippen LogP contribution in [0.4, 0.5) is 0 Å². The number of aromatic nitrogens is 3. The number of fused-ring (bicyclic) bond motifs is 1. The Hall–Kier alpha value is -1.36. The van der Waals surface area contributed by atoms with Gasteiger partial charge in [0, 0.05) is 12.1 Å². The number of nitrogens with one attached hydrogen (secondary N) is 1. The summed E-state index contributed by atoms with van der Waals surface area (Å²) in [6.45, 7) is 2.26. The minimum atomic E-state index is 0.385. The Morgan fingerprint density at radius 2 is 2.10 bits per heavy atom. The highest BCUT2D eigenvalue weighted by molar-refractivity contribution is 7.71. The van der Waals surface area contributed by atoms with Crippen molar-refractivity contribution >= 4 is 23.4 Å². The van der Waals surface area contributed by atoms with E-state index in [0.717, 1.165) is 15.9 Å². The molecule has 2 heterocycles. The number of imidazole rings is 1. The number of methoxy groups -OCH3 is 1. The van der Waals surface area contributed by atoms with Gasteiger partial charge in [-0.1, -0.05) is 19.3 Å². The fraction of sp³-hybridized carbons (Fsp3) is 0.600. The van der Waals surface area contributed by atoms with E-state index in [4.69, 9.17) is 17.0 Å². The summed E-state index contributed by atoms with van der Waals surface area (Å²) in [4.78, 5) is 7.83. The molecule has 1 atom stereocenters. The predicted octanol–water partition coefficient (Wildman–Crippen LogP) is 4.24. The van der Waals surface area contributed by atoms with Crippen molar-refractivity contribution in [2.45, 2.75) is 45.1 Å². The Bertz CT molecular complexity index is 655. The molecule has 2 aromatic heterocycles. The second-order valence-corrected chi connectivity index (χ2v) is 6.05. The molecular formula is C15H21N3OS. The summed E-state index contributed by atoms with van der Waals surface area (Å²) >= 11 is 5.50. The molecule has 1 saturated carbocycles. The molecular weight excluding hydrogens is 270 g/mol. The first-order valence-corrected chi connectivity index (χ1v) is 7.77.